The predicted octanol–water partition coefficient (Wildman–Crippen LogP) is 2.26. The molecule has 0 saturated heterocycles. The van der Waals surface area contributed by atoms with E-state index in [-0.39, 0.29) is 0 Å². The molecule has 0 amide bonds. The molecule has 0 spiro atoms. The molecular formula is C20H31N5O. The van der Waals surface area contributed by atoms with Crippen LogP contribution < -0.4 is 10.6 Å². The quantitative estimate of drug-likeness (QED) is 0.388. The number of aliphatic imine (C=N–C) groups is 1. The Labute approximate surface area is 156 Å². The largest absolute Gasteiger partial charge is 0.385 e. The second-order valence-corrected chi connectivity index (χ2v) is 6.26. The number of aromatic nitrogens is 1. The summed E-state index contributed by atoms with van der Waals surface area (Å²) in [6.07, 6.45) is 2.90. The highest BCUT2D eigenvalue weighted by Crippen LogP contribution is 2.16. The van der Waals surface area contributed by atoms with Crippen LogP contribution in [0.4, 0.5) is 0 Å². The number of ether oxygens (including phenoxy) is 1. The Hall–Kier alpha value is -2.18. The van der Waals surface area contributed by atoms with E-state index in [0.717, 1.165) is 56.1 Å². The molecule has 0 saturated carbocycles. The fraction of sp³-hybridized carbons (Fsp3) is 0.500. The van der Waals surface area contributed by atoms with E-state index in [4.69, 9.17) is 9.73 Å². The van der Waals surface area contributed by atoms with Crippen LogP contribution >= 0.6 is 0 Å². The molecule has 142 valence electrons. The molecule has 0 atom stereocenters. The minimum atomic E-state index is 0.627. The van der Waals surface area contributed by atoms with E-state index in [1.165, 1.54) is 5.56 Å². The molecule has 26 heavy (non-hydrogen) atoms. The number of nitrogens with one attached hydrogen (secondary N) is 2. The molecule has 0 aliphatic heterocycles. The van der Waals surface area contributed by atoms with Gasteiger partial charge in [0, 0.05) is 51.5 Å². The fourth-order valence-electron chi connectivity index (χ4n) is 2.75. The van der Waals surface area contributed by atoms with Gasteiger partial charge in [-0.2, -0.15) is 0 Å². The van der Waals surface area contributed by atoms with E-state index in [1.54, 1.807) is 7.11 Å². The summed E-state index contributed by atoms with van der Waals surface area (Å²) in [6.45, 7) is 7.21. The van der Waals surface area contributed by atoms with Gasteiger partial charge in [-0.05, 0) is 38.1 Å². The topological polar surface area (TPSA) is 61.8 Å². The van der Waals surface area contributed by atoms with E-state index in [1.807, 2.05) is 30.5 Å². The van der Waals surface area contributed by atoms with Gasteiger partial charge in [0.05, 0.1) is 12.1 Å². The van der Waals surface area contributed by atoms with Gasteiger partial charge in [-0.1, -0.05) is 18.2 Å². The Balaban J connectivity index is 1.89. The fourth-order valence-corrected chi connectivity index (χ4v) is 2.75. The van der Waals surface area contributed by atoms with E-state index >= 15 is 0 Å². The van der Waals surface area contributed by atoms with Crippen LogP contribution in [0.1, 0.15) is 18.9 Å². The number of methoxy groups -OCH3 is 1. The molecule has 1 aromatic heterocycles. The molecule has 0 bridgehead atoms. The minimum Gasteiger partial charge on any atom is -0.385 e. The SMILES string of the molecule is CCNC(=NCc1ccnc2ccccc12)NCCN(C)CCCOC. The van der Waals surface area contributed by atoms with Gasteiger partial charge in [0.1, 0.15) is 0 Å². The molecule has 1 aromatic carbocycles. The Bertz CT molecular complexity index is 683. The number of rotatable bonds is 10. The molecule has 0 aliphatic carbocycles. The summed E-state index contributed by atoms with van der Waals surface area (Å²) in [4.78, 5) is 11.4. The van der Waals surface area contributed by atoms with Gasteiger partial charge in [0.15, 0.2) is 5.96 Å². The van der Waals surface area contributed by atoms with Gasteiger partial charge in [-0.3, -0.25) is 4.98 Å². The van der Waals surface area contributed by atoms with Crippen molar-refractivity contribution in [2.75, 3.05) is 46.9 Å². The van der Waals surface area contributed by atoms with Crippen molar-refractivity contribution in [3.05, 3.63) is 42.1 Å². The zero-order valence-corrected chi connectivity index (χ0v) is 16.2. The average Bonchev–Trinajstić information content (AvgIpc) is 2.66. The number of para-hydroxylation sites is 1. The molecule has 6 heteroatoms. The third kappa shape index (κ3) is 6.61. The summed E-state index contributed by atoms with van der Waals surface area (Å²) in [7, 11) is 3.87. The zero-order chi connectivity index (χ0) is 18.6. The number of guanidine groups is 1. The Morgan fingerprint density at radius 2 is 2.04 bits per heavy atom. The molecule has 2 N–H and O–H groups in total. The van der Waals surface area contributed by atoms with Crippen LogP contribution in [0.3, 0.4) is 0 Å². The van der Waals surface area contributed by atoms with E-state index in [9.17, 15) is 0 Å². The molecular weight excluding hydrogens is 326 g/mol. The maximum absolute atomic E-state index is 5.10. The van der Waals surface area contributed by atoms with Gasteiger partial charge >= 0.3 is 0 Å². The van der Waals surface area contributed by atoms with Crippen molar-refractivity contribution in [3.63, 3.8) is 0 Å². The van der Waals surface area contributed by atoms with Crippen molar-refractivity contribution in [2.45, 2.75) is 19.9 Å². The van der Waals surface area contributed by atoms with E-state index in [0.29, 0.717) is 6.54 Å². The third-order valence-corrected chi connectivity index (χ3v) is 4.17. The van der Waals surface area contributed by atoms with Gasteiger partial charge < -0.3 is 20.3 Å². The first-order valence-electron chi connectivity index (χ1n) is 9.27. The van der Waals surface area contributed by atoms with Gasteiger partial charge in [0.2, 0.25) is 0 Å². The molecule has 2 rings (SSSR count). The Kier molecular flexibility index (Phi) is 8.86. The first-order chi connectivity index (χ1) is 12.7. The smallest absolute Gasteiger partial charge is 0.191 e. The highest BCUT2D eigenvalue weighted by molar-refractivity contribution is 5.83. The van der Waals surface area contributed by atoms with Crippen LogP contribution in [-0.2, 0) is 11.3 Å². The van der Waals surface area contributed by atoms with Crippen LogP contribution in [0.2, 0.25) is 0 Å². The summed E-state index contributed by atoms with van der Waals surface area (Å²) < 4.78 is 5.10. The van der Waals surface area contributed by atoms with Gasteiger partial charge in [-0.15, -0.1) is 0 Å². The van der Waals surface area contributed by atoms with Crippen molar-refractivity contribution >= 4 is 16.9 Å². The van der Waals surface area contributed by atoms with Crippen molar-refractivity contribution in [1.29, 1.82) is 0 Å². The van der Waals surface area contributed by atoms with E-state index in [2.05, 4.69) is 40.6 Å². The first kappa shape index (κ1) is 20.1. The highest BCUT2D eigenvalue weighted by atomic mass is 16.5. The number of fused-ring (bicyclic) bond motifs is 1. The Morgan fingerprint density at radius 1 is 1.19 bits per heavy atom. The molecule has 0 fully saturated rings. The van der Waals surface area contributed by atoms with Crippen LogP contribution in [0.5, 0.6) is 0 Å². The van der Waals surface area contributed by atoms with Crippen LogP contribution in [0, 0.1) is 0 Å². The number of hydrogen-bond donors (Lipinski definition) is 2. The number of pyridine rings is 1. The zero-order valence-electron chi connectivity index (χ0n) is 16.2. The first-order valence-corrected chi connectivity index (χ1v) is 9.27. The molecule has 2 aromatic rings. The molecule has 1 heterocycles. The van der Waals surface area contributed by atoms with Gasteiger partial charge in [0.25, 0.3) is 0 Å². The third-order valence-electron chi connectivity index (χ3n) is 4.17. The van der Waals surface area contributed by atoms with E-state index < -0.39 is 0 Å². The standard InChI is InChI=1S/C20H31N5O/c1-4-21-20(23-12-14-25(2)13-7-15-26-3)24-16-17-10-11-22-19-9-6-5-8-18(17)19/h5-6,8-11H,4,7,12-16H2,1-3H3,(H2,21,23,24). The number of hydrogen-bond acceptors (Lipinski definition) is 4. The summed E-state index contributed by atoms with van der Waals surface area (Å²) in [6, 6.07) is 10.2. The summed E-state index contributed by atoms with van der Waals surface area (Å²) in [5.74, 6) is 0.846. The molecule has 6 nitrogen and oxygen atoms in total. The second kappa shape index (κ2) is 11.4. The lowest BCUT2D eigenvalue weighted by Gasteiger charge is -2.18. The van der Waals surface area contributed by atoms with Crippen molar-refractivity contribution in [1.82, 2.24) is 20.5 Å². The number of likely N-dealkylation sites (N-methyl/N-ethyl adjacent to an activating group) is 1. The lowest BCUT2D eigenvalue weighted by Crippen LogP contribution is -2.41. The van der Waals surface area contributed by atoms with Crippen LogP contribution in [-0.4, -0.2) is 62.8 Å². The lowest BCUT2D eigenvalue weighted by atomic mass is 10.1. The maximum Gasteiger partial charge on any atom is 0.191 e. The van der Waals surface area contributed by atoms with Crippen molar-refractivity contribution in [3.8, 4) is 0 Å². The Morgan fingerprint density at radius 3 is 2.85 bits per heavy atom. The van der Waals surface area contributed by atoms with Crippen LogP contribution in [0.15, 0.2) is 41.5 Å². The van der Waals surface area contributed by atoms with Crippen molar-refractivity contribution in [2.24, 2.45) is 4.99 Å². The van der Waals surface area contributed by atoms with Crippen LogP contribution in [0.25, 0.3) is 10.9 Å². The number of benzene rings is 1. The van der Waals surface area contributed by atoms with Crippen molar-refractivity contribution < 1.29 is 4.74 Å². The molecule has 0 unspecified atom stereocenters. The second-order valence-electron chi connectivity index (χ2n) is 6.26. The normalized spacial score (nSPS) is 11.9. The summed E-state index contributed by atoms with van der Waals surface area (Å²) >= 11 is 0. The summed E-state index contributed by atoms with van der Waals surface area (Å²) in [5.41, 5.74) is 2.19. The van der Waals surface area contributed by atoms with Gasteiger partial charge in [-0.25, -0.2) is 4.99 Å². The maximum atomic E-state index is 5.10. The lowest BCUT2D eigenvalue weighted by molar-refractivity contribution is 0.180. The predicted molar refractivity (Wildman–Crippen MR) is 109 cm³/mol. The highest BCUT2D eigenvalue weighted by Gasteiger charge is 2.03. The minimum absolute atomic E-state index is 0.627. The molecule has 0 aliphatic rings. The number of nitrogens with zero attached hydrogens (tertiary/aromatic N) is 3. The monoisotopic (exact) mass is 357 g/mol. The average molecular weight is 358 g/mol. The summed E-state index contributed by atoms with van der Waals surface area (Å²) in [5, 5.41) is 7.88. The molecule has 0 radical (unpaired) electrons.